The lowest BCUT2D eigenvalue weighted by atomic mass is 10.1. The van der Waals surface area contributed by atoms with Gasteiger partial charge in [0, 0.05) is 18.1 Å². The first-order valence-corrected chi connectivity index (χ1v) is 11.0. The maximum Gasteiger partial charge on any atom is 0.261 e. The molecule has 0 saturated heterocycles. The molecule has 0 saturated carbocycles. The maximum absolute atomic E-state index is 13.1. The number of carbonyl (C=O) groups excluding carboxylic acids is 2. The van der Waals surface area contributed by atoms with E-state index in [1.54, 1.807) is 38.3 Å². The summed E-state index contributed by atoms with van der Waals surface area (Å²) in [6.07, 6.45) is 0. The van der Waals surface area contributed by atoms with Gasteiger partial charge in [-0.1, -0.05) is 54.1 Å². The number of amides is 2. The van der Waals surface area contributed by atoms with Gasteiger partial charge in [0.25, 0.3) is 5.91 Å². The van der Waals surface area contributed by atoms with Crippen LogP contribution in [0.1, 0.15) is 18.1 Å². The van der Waals surface area contributed by atoms with Gasteiger partial charge < -0.3 is 19.7 Å². The first-order valence-electron chi connectivity index (χ1n) is 10.6. The Bertz CT molecular complexity index is 1040. The van der Waals surface area contributed by atoms with Gasteiger partial charge in [0.2, 0.25) is 5.91 Å². The summed E-state index contributed by atoms with van der Waals surface area (Å²) in [5.74, 6) is 0.791. The summed E-state index contributed by atoms with van der Waals surface area (Å²) in [4.78, 5) is 27.5. The number of methoxy groups -OCH3 is 1. The van der Waals surface area contributed by atoms with Crippen LogP contribution in [-0.2, 0) is 22.7 Å². The van der Waals surface area contributed by atoms with Gasteiger partial charge >= 0.3 is 0 Å². The second-order valence-electron chi connectivity index (χ2n) is 7.49. The number of hydrogen-bond donors (Lipinski definition) is 1. The molecule has 3 aromatic rings. The SMILES string of the molecule is COc1ccc(CNC(=O)[C@H](C)N(Cc2ccc(Cl)cc2)C(=O)COc2ccccc2)cc1. The normalized spacial score (nSPS) is 11.4. The van der Waals surface area contributed by atoms with Crippen molar-refractivity contribution in [1.82, 2.24) is 10.2 Å². The molecule has 0 aromatic heterocycles. The summed E-state index contributed by atoms with van der Waals surface area (Å²) in [5.41, 5.74) is 1.79. The van der Waals surface area contributed by atoms with E-state index in [2.05, 4.69) is 5.32 Å². The van der Waals surface area contributed by atoms with Crippen molar-refractivity contribution in [3.8, 4) is 11.5 Å². The Kier molecular flexibility index (Phi) is 8.72. The number of halogens is 1. The molecule has 1 N–H and O–H groups in total. The standard InChI is InChI=1S/C26H27ClN2O4/c1-19(26(31)28-16-20-10-14-23(32-2)15-11-20)29(17-21-8-12-22(27)13-9-21)25(30)18-33-24-6-4-3-5-7-24/h3-15,19H,16-18H2,1-2H3,(H,28,31)/t19-/m0/s1. The molecule has 2 amide bonds. The minimum atomic E-state index is -0.703. The minimum Gasteiger partial charge on any atom is -0.497 e. The molecule has 0 heterocycles. The molecule has 0 radical (unpaired) electrons. The monoisotopic (exact) mass is 466 g/mol. The number of benzene rings is 3. The summed E-state index contributed by atoms with van der Waals surface area (Å²) >= 11 is 5.99. The van der Waals surface area contributed by atoms with Crippen LogP contribution >= 0.6 is 11.6 Å². The van der Waals surface area contributed by atoms with E-state index in [-0.39, 0.29) is 25.0 Å². The fourth-order valence-corrected chi connectivity index (χ4v) is 3.32. The van der Waals surface area contributed by atoms with Crippen molar-refractivity contribution < 1.29 is 19.1 Å². The quantitative estimate of drug-likeness (QED) is 0.479. The Morgan fingerprint density at radius 1 is 0.909 bits per heavy atom. The molecular formula is C26H27ClN2O4. The topological polar surface area (TPSA) is 67.9 Å². The molecule has 0 aliphatic rings. The van der Waals surface area contributed by atoms with E-state index in [0.717, 1.165) is 16.9 Å². The molecule has 7 heteroatoms. The molecule has 0 bridgehead atoms. The van der Waals surface area contributed by atoms with Gasteiger partial charge in [-0.15, -0.1) is 0 Å². The van der Waals surface area contributed by atoms with E-state index in [0.29, 0.717) is 17.3 Å². The second-order valence-corrected chi connectivity index (χ2v) is 7.93. The molecular weight excluding hydrogens is 440 g/mol. The maximum atomic E-state index is 13.1. The molecule has 1 atom stereocenters. The summed E-state index contributed by atoms with van der Waals surface area (Å²) in [6.45, 7) is 2.13. The smallest absolute Gasteiger partial charge is 0.261 e. The van der Waals surface area contributed by atoms with Gasteiger partial charge in [-0.2, -0.15) is 0 Å². The highest BCUT2D eigenvalue weighted by atomic mass is 35.5. The molecule has 172 valence electrons. The third-order valence-electron chi connectivity index (χ3n) is 5.16. The first-order chi connectivity index (χ1) is 16.0. The van der Waals surface area contributed by atoms with Gasteiger partial charge in [0.15, 0.2) is 6.61 Å². The van der Waals surface area contributed by atoms with Crippen molar-refractivity contribution in [2.24, 2.45) is 0 Å². The highest BCUT2D eigenvalue weighted by Crippen LogP contribution is 2.16. The Morgan fingerprint density at radius 3 is 2.18 bits per heavy atom. The van der Waals surface area contributed by atoms with Crippen LogP contribution in [0.15, 0.2) is 78.9 Å². The zero-order valence-electron chi connectivity index (χ0n) is 18.7. The van der Waals surface area contributed by atoms with Gasteiger partial charge in [-0.25, -0.2) is 0 Å². The van der Waals surface area contributed by atoms with E-state index < -0.39 is 6.04 Å². The zero-order chi connectivity index (χ0) is 23.6. The van der Waals surface area contributed by atoms with Gasteiger partial charge in [-0.05, 0) is 54.4 Å². The van der Waals surface area contributed by atoms with Crippen LogP contribution in [0.3, 0.4) is 0 Å². The predicted octanol–water partition coefficient (Wildman–Crippen LogP) is 4.46. The Labute approximate surface area is 199 Å². The van der Waals surface area contributed by atoms with Crippen LogP contribution in [0.4, 0.5) is 0 Å². The molecule has 33 heavy (non-hydrogen) atoms. The summed E-state index contributed by atoms with van der Waals surface area (Å²) < 4.78 is 10.8. The lowest BCUT2D eigenvalue weighted by Gasteiger charge is -2.28. The molecule has 3 rings (SSSR count). The largest absolute Gasteiger partial charge is 0.497 e. The van der Waals surface area contributed by atoms with Gasteiger partial charge in [-0.3, -0.25) is 9.59 Å². The third-order valence-corrected chi connectivity index (χ3v) is 5.42. The Morgan fingerprint density at radius 2 is 1.55 bits per heavy atom. The zero-order valence-corrected chi connectivity index (χ0v) is 19.4. The van der Waals surface area contributed by atoms with Crippen molar-refractivity contribution in [3.05, 3.63) is 95.0 Å². The van der Waals surface area contributed by atoms with E-state index >= 15 is 0 Å². The number of para-hydroxylation sites is 1. The van der Waals surface area contributed by atoms with Gasteiger partial charge in [0.1, 0.15) is 17.5 Å². The number of hydrogen-bond acceptors (Lipinski definition) is 4. The number of nitrogens with one attached hydrogen (secondary N) is 1. The van der Waals surface area contributed by atoms with Crippen LogP contribution < -0.4 is 14.8 Å². The van der Waals surface area contributed by atoms with Crippen LogP contribution in [0, 0.1) is 0 Å². The van der Waals surface area contributed by atoms with Crippen LogP contribution in [0.2, 0.25) is 5.02 Å². The fourth-order valence-electron chi connectivity index (χ4n) is 3.19. The average Bonchev–Trinajstić information content (AvgIpc) is 2.86. The van der Waals surface area contributed by atoms with Crippen LogP contribution in [0.25, 0.3) is 0 Å². The molecule has 3 aromatic carbocycles. The average molecular weight is 467 g/mol. The van der Waals surface area contributed by atoms with Crippen molar-refractivity contribution in [2.75, 3.05) is 13.7 Å². The Hall–Kier alpha value is -3.51. The summed E-state index contributed by atoms with van der Waals surface area (Å²) in [7, 11) is 1.60. The van der Waals surface area contributed by atoms with E-state index in [9.17, 15) is 9.59 Å². The molecule has 0 fully saturated rings. The van der Waals surface area contributed by atoms with Crippen molar-refractivity contribution in [1.29, 1.82) is 0 Å². The Balaban J connectivity index is 1.67. The summed E-state index contributed by atoms with van der Waals surface area (Å²) in [6, 6.07) is 23.0. The lowest BCUT2D eigenvalue weighted by molar-refractivity contribution is -0.142. The number of carbonyl (C=O) groups is 2. The number of ether oxygens (including phenoxy) is 2. The number of nitrogens with zero attached hydrogens (tertiary/aromatic N) is 1. The van der Waals surface area contributed by atoms with Crippen molar-refractivity contribution in [3.63, 3.8) is 0 Å². The molecule has 0 unspecified atom stereocenters. The summed E-state index contributed by atoms with van der Waals surface area (Å²) in [5, 5.41) is 3.51. The highest BCUT2D eigenvalue weighted by molar-refractivity contribution is 6.30. The highest BCUT2D eigenvalue weighted by Gasteiger charge is 2.26. The lowest BCUT2D eigenvalue weighted by Crippen LogP contribution is -2.48. The molecule has 6 nitrogen and oxygen atoms in total. The van der Waals surface area contributed by atoms with Gasteiger partial charge in [0.05, 0.1) is 7.11 Å². The van der Waals surface area contributed by atoms with Crippen molar-refractivity contribution >= 4 is 23.4 Å². The third kappa shape index (κ3) is 7.26. The fraction of sp³-hybridized carbons (Fsp3) is 0.231. The van der Waals surface area contributed by atoms with Crippen molar-refractivity contribution in [2.45, 2.75) is 26.1 Å². The second kappa shape index (κ2) is 11.9. The van der Waals surface area contributed by atoms with E-state index in [4.69, 9.17) is 21.1 Å². The first kappa shape index (κ1) is 24.1. The van der Waals surface area contributed by atoms with Crippen LogP contribution in [-0.4, -0.2) is 36.5 Å². The minimum absolute atomic E-state index is 0.173. The van der Waals surface area contributed by atoms with E-state index in [1.807, 2.05) is 54.6 Å². The number of rotatable bonds is 10. The van der Waals surface area contributed by atoms with E-state index in [1.165, 1.54) is 4.90 Å². The molecule has 0 aliphatic carbocycles. The predicted molar refractivity (Wildman–Crippen MR) is 128 cm³/mol. The molecule has 0 spiro atoms. The molecule has 0 aliphatic heterocycles. The van der Waals surface area contributed by atoms with Crippen LogP contribution in [0.5, 0.6) is 11.5 Å².